The third kappa shape index (κ3) is 4.79. The molecule has 2 rings (SSSR count). The van der Waals surface area contributed by atoms with Gasteiger partial charge in [-0.2, -0.15) is 0 Å². The third-order valence-corrected chi connectivity index (χ3v) is 4.43. The van der Waals surface area contributed by atoms with Crippen molar-refractivity contribution in [1.29, 1.82) is 0 Å². The number of hydrogen-bond donors (Lipinski definition) is 0. The Morgan fingerprint density at radius 1 is 1.17 bits per heavy atom. The Balaban J connectivity index is 1.96. The van der Waals surface area contributed by atoms with E-state index in [1.54, 1.807) is 4.90 Å². The number of rotatable bonds is 7. The number of carbonyl (C=O) groups excluding carboxylic acids is 1. The molecular weight excluding hydrogens is 302 g/mol. The van der Waals surface area contributed by atoms with Gasteiger partial charge in [0.1, 0.15) is 0 Å². The minimum absolute atomic E-state index is 0.0873. The molecule has 0 unspecified atom stereocenters. The van der Waals surface area contributed by atoms with Crippen LogP contribution in [0.2, 0.25) is 0 Å². The van der Waals surface area contributed by atoms with Crippen LogP contribution in [0.1, 0.15) is 39.5 Å². The highest BCUT2D eigenvalue weighted by atomic mass is 16.7. The van der Waals surface area contributed by atoms with Crippen LogP contribution in [0.15, 0.2) is 0 Å². The summed E-state index contributed by atoms with van der Waals surface area (Å²) in [5.41, 5.74) is 0. The quantitative estimate of drug-likeness (QED) is 0.666. The van der Waals surface area contributed by atoms with Crippen molar-refractivity contribution in [2.45, 2.75) is 57.6 Å². The van der Waals surface area contributed by atoms with Crippen LogP contribution in [-0.4, -0.2) is 69.2 Å². The van der Waals surface area contributed by atoms with Gasteiger partial charge in [0.2, 0.25) is 0 Å². The second-order valence-corrected chi connectivity index (χ2v) is 5.80. The number of methoxy groups -OCH3 is 1. The van der Waals surface area contributed by atoms with Crippen LogP contribution in [0.5, 0.6) is 0 Å². The first-order valence-electron chi connectivity index (χ1n) is 8.49. The zero-order valence-corrected chi connectivity index (χ0v) is 14.4. The van der Waals surface area contributed by atoms with Crippen molar-refractivity contribution in [2.75, 3.05) is 40.1 Å². The maximum Gasteiger partial charge on any atom is 0.409 e. The van der Waals surface area contributed by atoms with Crippen LogP contribution >= 0.6 is 0 Å². The first-order valence-corrected chi connectivity index (χ1v) is 8.49. The molecule has 7 nitrogen and oxygen atoms in total. The second kappa shape index (κ2) is 8.82. The van der Waals surface area contributed by atoms with Crippen molar-refractivity contribution in [3.05, 3.63) is 0 Å². The van der Waals surface area contributed by atoms with Crippen LogP contribution in [-0.2, 0) is 23.7 Å². The Bertz CT molecular complexity index is 356. The molecule has 1 heterocycles. The minimum atomic E-state index is -0.433. The fraction of sp³-hybridized carbons (Fsp3) is 0.938. The molecule has 0 atom stereocenters. The molecule has 134 valence electrons. The average Bonchev–Trinajstić information content (AvgIpc) is 3.01. The second-order valence-electron chi connectivity index (χ2n) is 5.80. The summed E-state index contributed by atoms with van der Waals surface area (Å²) in [5.74, 6) is -0.433. The van der Waals surface area contributed by atoms with Gasteiger partial charge in [0.15, 0.2) is 12.1 Å². The smallest absolute Gasteiger partial charge is 0.409 e. The Hall–Kier alpha value is -0.890. The van der Waals surface area contributed by atoms with Crippen molar-refractivity contribution < 1.29 is 28.5 Å². The Kier molecular flexibility index (Phi) is 7.08. The normalized spacial score (nSPS) is 21.0. The topological polar surface area (TPSA) is 66.5 Å². The zero-order valence-electron chi connectivity index (χ0n) is 14.4. The summed E-state index contributed by atoms with van der Waals surface area (Å²) < 4.78 is 27.6. The van der Waals surface area contributed by atoms with Crippen molar-refractivity contribution >= 4 is 6.09 Å². The summed E-state index contributed by atoms with van der Waals surface area (Å²) >= 11 is 0. The summed E-state index contributed by atoms with van der Waals surface area (Å²) in [6.07, 6.45) is 2.45. The molecule has 1 aliphatic heterocycles. The molecule has 0 aromatic heterocycles. The van der Waals surface area contributed by atoms with E-state index in [4.69, 9.17) is 23.7 Å². The molecule has 1 aliphatic carbocycles. The Morgan fingerprint density at radius 3 is 2.22 bits per heavy atom. The van der Waals surface area contributed by atoms with E-state index in [-0.39, 0.29) is 12.1 Å². The highest BCUT2D eigenvalue weighted by Gasteiger charge is 2.42. The molecule has 1 saturated heterocycles. The van der Waals surface area contributed by atoms with Crippen molar-refractivity contribution in [3.8, 4) is 0 Å². The number of ether oxygens (including phenoxy) is 5. The zero-order chi connectivity index (χ0) is 16.7. The van der Waals surface area contributed by atoms with Crippen LogP contribution in [0.4, 0.5) is 4.79 Å². The lowest BCUT2D eigenvalue weighted by Gasteiger charge is -2.40. The molecule has 2 aliphatic rings. The largest absolute Gasteiger partial charge is 0.453 e. The van der Waals surface area contributed by atoms with Gasteiger partial charge in [-0.1, -0.05) is 0 Å². The lowest BCUT2D eigenvalue weighted by atomic mass is 9.89. The summed E-state index contributed by atoms with van der Waals surface area (Å²) in [6, 6.07) is 0.0873. The first-order chi connectivity index (χ1) is 11.1. The third-order valence-electron chi connectivity index (χ3n) is 4.43. The van der Waals surface area contributed by atoms with Gasteiger partial charge in [-0.15, -0.1) is 0 Å². The van der Waals surface area contributed by atoms with Crippen molar-refractivity contribution in [3.63, 3.8) is 0 Å². The van der Waals surface area contributed by atoms with Crippen LogP contribution in [0.25, 0.3) is 0 Å². The van der Waals surface area contributed by atoms with Gasteiger partial charge in [-0.05, 0) is 26.7 Å². The minimum Gasteiger partial charge on any atom is -0.453 e. The van der Waals surface area contributed by atoms with Gasteiger partial charge in [0.25, 0.3) is 0 Å². The van der Waals surface area contributed by atoms with E-state index in [1.807, 2.05) is 13.8 Å². The van der Waals surface area contributed by atoms with Crippen molar-refractivity contribution in [2.24, 2.45) is 0 Å². The fourth-order valence-corrected chi connectivity index (χ4v) is 3.32. The van der Waals surface area contributed by atoms with Gasteiger partial charge in [0.05, 0.1) is 26.9 Å². The summed E-state index contributed by atoms with van der Waals surface area (Å²) in [4.78, 5) is 13.9. The van der Waals surface area contributed by atoms with Crippen LogP contribution in [0.3, 0.4) is 0 Å². The predicted molar refractivity (Wildman–Crippen MR) is 83.0 cm³/mol. The van der Waals surface area contributed by atoms with Crippen LogP contribution in [0, 0.1) is 0 Å². The molecule has 0 aromatic carbocycles. The SMILES string of the molecule is CCOC(CN(C(=O)OC)C1CCC2(CC1)OCCO2)OCC. The molecule has 0 aromatic rings. The van der Waals surface area contributed by atoms with E-state index in [2.05, 4.69) is 0 Å². The highest BCUT2D eigenvalue weighted by Crippen LogP contribution is 2.37. The number of amides is 1. The van der Waals surface area contributed by atoms with Gasteiger partial charge in [-0.3, -0.25) is 0 Å². The summed E-state index contributed by atoms with van der Waals surface area (Å²) in [6.45, 7) is 6.57. The molecule has 0 bridgehead atoms. The van der Waals surface area contributed by atoms with E-state index in [0.29, 0.717) is 33.0 Å². The number of hydrogen-bond acceptors (Lipinski definition) is 6. The monoisotopic (exact) mass is 331 g/mol. The average molecular weight is 331 g/mol. The fourth-order valence-electron chi connectivity index (χ4n) is 3.32. The molecule has 1 spiro atoms. The number of nitrogens with zero attached hydrogens (tertiary/aromatic N) is 1. The summed E-state index contributed by atoms with van der Waals surface area (Å²) in [5, 5.41) is 0. The Labute approximate surface area is 138 Å². The van der Waals surface area contributed by atoms with Crippen LogP contribution < -0.4 is 0 Å². The number of carbonyl (C=O) groups is 1. The van der Waals surface area contributed by atoms with Gasteiger partial charge < -0.3 is 28.6 Å². The highest BCUT2D eigenvalue weighted by molar-refractivity contribution is 5.67. The summed E-state index contributed by atoms with van der Waals surface area (Å²) in [7, 11) is 1.40. The van der Waals surface area contributed by atoms with E-state index in [1.165, 1.54) is 7.11 Å². The molecule has 23 heavy (non-hydrogen) atoms. The lowest BCUT2D eigenvalue weighted by molar-refractivity contribution is -0.187. The molecular formula is C16H29NO6. The van der Waals surface area contributed by atoms with E-state index < -0.39 is 12.1 Å². The van der Waals surface area contributed by atoms with Gasteiger partial charge >= 0.3 is 6.09 Å². The molecule has 0 radical (unpaired) electrons. The molecule has 2 fully saturated rings. The maximum atomic E-state index is 12.2. The predicted octanol–water partition coefficient (Wildman–Crippen LogP) is 2.14. The standard InChI is InChI=1S/C16H29NO6/c1-4-20-14(21-5-2)12-17(15(18)19-3)13-6-8-16(9-7-13)22-10-11-23-16/h13-14H,4-12H2,1-3H3. The Morgan fingerprint density at radius 2 is 1.74 bits per heavy atom. The lowest BCUT2D eigenvalue weighted by Crippen LogP contribution is -2.49. The first kappa shape index (κ1) is 18.4. The molecule has 1 amide bonds. The maximum absolute atomic E-state index is 12.2. The van der Waals surface area contributed by atoms with Gasteiger partial charge in [0, 0.05) is 32.1 Å². The van der Waals surface area contributed by atoms with E-state index in [9.17, 15) is 4.79 Å². The van der Waals surface area contributed by atoms with Crippen molar-refractivity contribution in [1.82, 2.24) is 4.90 Å². The molecule has 0 N–H and O–H groups in total. The molecule has 7 heteroatoms. The van der Waals surface area contributed by atoms with E-state index in [0.717, 1.165) is 25.7 Å². The molecule has 1 saturated carbocycles. The van der Waals surface area contributed by atoms with Gasteiger partial charge in [-0.25, -0.2) is 4.79 Å². The van der Waals surface area contributed by atoms with E-state index >= 15 is 0 Å².